The second kappa shape index (κ2) is 5.94. The van der Waals surface area contributed by atoms with Crippen LogP contribution in [-0.2, 0) is 11.8 Å². The maximum Gasteiger partial charge on any atom is 0.276 e. The van der Waals surface area contributed by atoms with Crippen molar-refractivity contribution in [2.75, 3.05) is 38.1 Å². The number of nitrogens with zero attached hydrogens (tertiary/aromatic N) is 6. The summed E-state index contributed by atoms with van der Waals surface area (Å²) in [4.78, 5) is 30.9. The molecule has 1 spiro atoms. The van der Waals surface area contributed by atoms with Crippen molar-refractivity contribution in [2.24, 2.45) is 7.05 Å². The van der Waals surface area contributed by atoms with Crippen LogP contribution in [0.2, 0.25) is 0 Å². The summed E-state index contributed by atoms with van der Waals surface area (Å²) < 4.78 is 6.71. The second-order valence-electron chi connectivity index (χ2n) is 7.23. The highest BCUT2D eigenvalue weighted by molar-refractivity contribution is 5.96. The fraction of sp³-hybridized carbons (Fsp3) is 0.529. The lowest BCUT2D eigenvalue weighted by molar-refractivity contribution is -0.123. The molecule has 0 bridgehead atoms. The average molecular weight is 358 g/mol. The van der Waals surface area contributed by atoms with Crippen molar-refractivity contribution < 1.29 is 14.1 Å². The van der Waals surface area contributed by atoms with Crippen LogP contribution in [0.5, 0.6) is 0 Å². The van der Waals surface area contributed by atoms with Crippen LogP contribution in [0.3, 0.4) is 0 Å². The number of carbonyl (C=O) groups is 2. The summed E-state index contributed by atoms with van der Waals surface area (Å²) in [5.41, 5.74) is 0.859. The van der Waals surface area contributed by atoms with E-state index in [-0.39, 0.29) is 17.4 Å². The minimum absolute atomic E-state index is 0.0445. The van der Waals surface area contributed by atoms with Gasteiger partial charge in [-0.25, -0.2) is 0 Å². The molecular weight excluding hydrogens is 336 g/mol. The Labute approximate surface area is 151 Å². The van der Waals surface area contributed by atoms with Gasteiger partial charge in [-0.1, -0.05) is 5.16 Å². The van der Waals surface area contributed by atoms with Gasteiger partial charge in [0.2, 0.25) is 5.91 Å². The molecule has 4 rings (SSSR count). The number of piperazine rings is 1. The number of aromatic nitrogens is 3. The summed E-state index contributed by atoms with van der Waals surface area (Å²) in [6.45, 7) is 3.81. The molecule has 9 heteroatoms. The summed E-state index contributed by atoms with van der Waals surface area (Å²) in [7, 11) is 3.78. The highest BCUT2D eigenvalue weighted by Gasteiger charge is 2.49. The molecule has 0 aliphatic carbocycles. The van der Waals surface area contributed by atoms with Crippen molar-refractivity contribution in [3.05, 3.63) is 29.9 Å². The van der Waals surface area contributed by atoms with Crippen LogP contribution < -0.4 is 4.90 Å². The Morgan fingerprint density at radius 3 is 2.77 bits per heavy atom. The first kappa shape index (κ1) is 16.8. The summed E-state index contributed by atoms with van der Waals surface area (Å²) >= 11 is 0. The molecule has 2 aromatic rings. The maximum absolute atomic E-state index is 12.7. The van der Waals surface area contributed by atoms with E-state index in [1.807, 2.05) is 20.3 Å². The third kappa shape index (κ3) is 2.68. The van der Waals surface area contributed by atoms with Gasteiger partial charge in [-0.15, -0.1) is 0 Å². The van der Waals surface area contributed by atoms with E-state index in [9.17, 15) is 9.59 Å². The molecule has 1 atom stereocenters. The number of carbonyl (C=O) groups excluding carboxylic acids is 2. The molecule has 0 N–H and O–H groups in total. The Kier molecular flexibility index (Phi) is 3.83. The topological polar surface area (TPSA) is 87.7 Å². The van der Waals surface area contributed by atoms with E-state index in [0.717, 1.165) is 12.1 Å². The van der Waals surface area contributed by atoms with Crippen LogP contribution in [0.4, 0.5) is 5.69 Å². The van der Waals surface area contributed by atoms with Crippen molar-refractivity contribution in [1.82, 2.24) is 24.7 Å². The van der Waals surface area contributed by atoms with Crippen LogP contribution >= 0.6 is 0 Å². The zero-order valence-electron chi connectivity index (χ0n) is 15.2. The van der Waals surface area contributed by atoms with Gasteiger partial charge in [-0.3, -0.25) is 19.2 Å². The summed E-state index contributed by atoms with van der Waals surface area (Å²) in [6, 6.07) is 1.66. The van der Waals surface area contributed by atoms with Gasteiger partial charge in [-0.2, -0.15) is 5.10 Å². The number of likely N-dealkylation sites (N-methyl/N-ethyl adjacent to an activating group) is 1. The van der Waals surface area contributed by atoms with Gasteiger partial charge in [0.05, 0.1) is 24.0 Å². The monoisotopic (exact) mass is 358 g/mol. The third-order valence-corrected chi connectivity index (χ3v) is 5.41. The van der Waals surface area contributed by atoms with Gasteiger partial charge in [0.15, 0.2) is 5.69 Å². The molecule has 2 amide bonds. The number of hydrogen-bond acceptors (Lipinski definition) is 6. The molecule has 2 fully saturated rings. The van der Waals surface area contributed by atoms with E-state index in [1.165, 1.54) is 0 Å². The quantitative estimate of drug-likeness (QED) is 0.766. The SMILES string of the molecule is Cc1cc(C(=O)N2CCC3(C2)CN(c2cnn(C)c2)C(=O)CN3C)no1. The average Bonchev–Trinajstić information content (AvgIpc) is 3.31. The normalized spacial score (nSPS) is 24.0. The number of likely N-dealkylation sites (tertiary alicyclic amines) is 1. The minimum atomic E-state index is -0.266. The first-order valence-electron chi connectivity index (χ1n) is 8.61. The Bertz CT molecular complexity index is 858. The summed E-state index contributed by atoms with van der Waals surface area (Å²) in [5, 5.41) is 8.01. The fourth-order valence-corrected chi connectivity index (χ4v) is 3.84. The molecular formula is C17H22N6O3. The number of hydrogen-bond donors (Lipinski definition) is 0. The lowest BCUT2D eigenvalue weighted by atomic mass is 9.93. The number of amides is 2. The fourth-order valence-electron chi connectivity index (χ4n) is 3.84. The molecule has 2 saturated heterocycles. The summed E-state index contributed by atoms with van der Waals surface area (Å²) in [5.74, 6) is 0.533. The molecule has 0 saturated carbocycles. The largest absolute Gasteiger partial charge is 0.361 e. The van der Waals surface area contributed by atoms with Crippen molar-refractivity contribution in [2.45, 2.75) is 18.9 Å². The number of rotatable bonds is 2. The third-order valence-electron chi connectivity index (χ3n) is 5.41. The molecule has 4 heterocycles. The van der Waals surface area contributed by atoms with E-state index in [1.54, 1.807) is 33.7 Å². The zero-order chi connectivity index (χ0) is 18.5. The lowest BCUT2D eigenvalue weighted by Gasteiger charge is -2.46. The van der Waals surface area contributed by atoms with Crippen LogP contribution in [0.25, 0.3) is 0 Å². The molecule has 138 valence electrons. The van der Waals surface area contributed by atoms with Crippen molar-refractivity contribution in [3.8, 4) is 0 Å². The molecule has 2 aliphatic rings. The van der Waals surface area contributed by atoms with Gasteiger partial charge in [0.25, 0.3) is 5.91 Å². The molecule has 2 aromatic heterocycles. The van der Waals surface area contributed by atoms with Crippen LogP contribution in [0, 0.1) is 6.92 Å². The predicted octanol–water partition coefficient (Wildman–Crippen LogP) is 0.280. The van der Waals surface area contributed by atoms with Crippen LogP contribution in [0.1, 0.15) is 22.7 Å². The smallest absolute Gasteiger partial charge is 0.276 e. The zero-order valence-corrected chi connectivity index (χ0v) is 15.2. The molecule has 26 heavy (non-hydrogen) atoms. The number of anilines is 1. The van der Waals surface area contributed by atoms with Crippen molar-refractivity contribution in [1.29, 1.82) is 0 Å². The van der Waals surface area contributed by atoms with Gasteiger partial charge >= 0.3 is 0 Å². The van der Waals surface area contributed by atoms with E-state index < -0.39 is 0 Å². The maximum atomic E-state index is 12.7. The molecule has 2 aliphatic heterocycles. The van der Waals surface area contributed by atoms with Crippen molar-refractivity contribution >= 4 is 17.5 Å². The second-order valence-corrected chi connectivity index (χ2v) is 7.23. The molecule has 1 unspecified atom stereocenters. The van der Waals surface area contributed by atoms with E-state index in [2.05, 4.69) is 15.2 Å². The number of aryl methyl sites for hydroxylation is 2. The van der Waals surface area contributed by atoms with Gasteiger partial charge in [-0.05, 0) is 20.4 Å². The standard InChI is InChI=1S/C17H22N6O3/c1-12-6-14(19-26-12)16(25)22-5-4-17(10-22)11-23(15(24)9-20(17)2)13-7-18-21(3)8-13/h6-8H,4-5,9-11H2,1-3H3. The van der Waals surface area contributed by atoms with E-state index >= 15 is 0 Å². The van der Waals surface area contributed by atoms with Gasteiger partial charge < -0.3 is 14.3 Å². The van der Waals surface area contributed by atoms with Crippen LogP contribution in [-0.4, -0.2) is 75.3 Å². The Morgan fingerprint density at radius 1 is 1.31 bits per heavy atom. The predicted molar refractivity (Wildman–Crippen MR) is 92.7 cm³/mol. The van der Waals surface area contributed by atoms with Gasteiger partial charge in [0.1, 0.15) is 5.76 Å². The van der Waals surface area contributed by atoms with E-state index in [4.69, 9.17) is 4.52 Å². The molecule has 0 aromatic carbocycles. The Hall–Kier alpha value is -2.68. The summed E-state index contributed by atoms with van der Waals surface area (Å²) in [6.07, 6.45) is 4.34. The highest BCUT2D eigenvalue weighted by atomic mass is 16.5. The van der Waals surface area contributed by atoms with Crippen molar-refractivity contribution in [3.63, 3.8) is 0 Å². The van der Waals surface area contributed by atoms with E-state index in [0.29, 0.717) is 37.6 Å². The van der Waals surface area contributed by atoms with Crippen LogP contribution in [0.15, 0.2) is 23.0 Å². The molecule has 9 nitrogen and oxygen atoms in total. The highest BCUT2D eigenvalue weighted by Crippen LogP contribution is 2.33. The first-order chi connectivity index (χ1) is 12.4. The van der Waals surface area contributed by atoms with Gasteiger partial charge in [0, 0.05) is 38.9 Å². The Morgan fingerprint density at radius 2 is 2.12 bits per heavy atom. The Balaban J connectivity index is 1.55. The first-order valence-corrected chi connectivity index (χ1v) is 8.61. The molecule has 0 radical (unpaired) electrons. The lowest BCUT2D eigenvalue weighted by Crippen LogP contribution is -2.64. The minimum Gasteiger partial charge on any atom is -0.361 e.